The Bertz CT molecular complexity index is 189. The first-order chi connectivity index (χ1) is 7.27. The molecule has 0 aromatic carbocycles. The minimum Gasteiger partial charge on any atom is -0.311 e. The molecule has 1 aliphatic heterocycles. The molecular formula is C13H25NS. The molecule has 0 amide bonds. The van der Waals surface area contributed by atoms with E-state index in [0.717, 1.165) is 23.9 Å². The predicted molar refractivity (Wildman–Crippen MR) is 69.4 cm³/mol. The van der Waals surface area contributed by atoms with Gasteiger partial charge in [-0.1, -0.05) is 26.7 Å². The third-order valence-corrected chi connectivity index (χ3v) is 5.43. The second-order valence-corrected chi connectivity index (χ2v) is 6.65. The van der Waals surface area contributed by atoms with E-state index in [0.29, 0.717) is 0 Å². The Morgan fingerprint density at radius 3 is 2.47 bits per heavy atom. The lowest BCUT2D eigenvalue weighted by molar-refractivity contribution is 0.191. The molecule has 0 aromatic heterocycles. The van der Waals surface area contributed by atoms with Crippen molar-refractivity contribution >= 4 is 11.8 Å². The van der Waals surface area contributed by atoms with Crippen LogP contribution in [0.5, 0.6) is 0 Å². The third kappa shape index (κ3) is 3.13. The minimum atomic E-state index is 0.807. The van der Waals surface area contributed by atoms with E-state index >= 15 is 0 Å². The van der Waals surface area contributed by atoms with E-state index in [4.69, 9.17) is 0 Å². The van der Waals surface area contributed by atoms with Crippen molar-refractivity contribution in [1.29, 1.82) is 0 Å². The number of hydrogen-bond donors (Lipinski definition) is 1. The van der Waals surface area contributed by atoms with Gasteiger partial charge < -0.3 is 5.32 Å². The molecule has 2 fully saturated rings. The van der Waals surface area contributed by atoms with Crippen molar-refractivity contribution < 1.29 is 0 Å². The van der Waals surface area contributed by atoms with Gasteiger partial charge in [0.1, 0.15) is 0 Å². The maximum Gasteiger partial charge on any atom is 0.00978 e. The number of nitrogens with one attached hydrogen (secondary N) is 1. The van der Waals surface area contributed by atoms with Crippen molar-refractivity contribution in [1.82, 2.24) is 5.32 Å². The molecule has 0 unspecified atom stereocenters. The van der Waals surface area contributed by atoms with E-state index in [1.807, 2.05) is 0 Å². The molecule has 1 nitrogen and oxygen atoms in total. The fraction of sp³-hybridized carbons (Fsp3) is 1.00. The second kappa shape index (κ2) is 5.58. The van der Waals surface area contributed by atoms with Crippen LogP contribution in [0.1, 0.15) is 46.0 Å². The first-order valence-corrected chi connectivity index (χ1v) is 7.76. The molecule has 2 aliphatic rings. The van der Waals surface area contributed by atoms with Crippen LogP contribution >= 0.6 is 11.8 Å². The van der Waals surface area contributed by atoms with Crippen molar-refractivity contribution in [3.63, 3.8) is 0 Å². The highest BCUT2D eigenvalue weighted by molar-refractivity contribution is 7.99. The van der Waals surface area contributed by atoms with Gasteiger partial charge >= 0.3 is 0 Å². The van der Waals surface area contributed by atoms with Crippen LogP contribution in [0.3, 0.4) is 0 Å². The lowest BCUT2D eigenvalue weighted by Gasteiger charge is -2.38. The van der Waals surface area contributed by atoms with Crippen LogP contribution in [0.2, 0.25) is 0 Å². The van der Waals surface area contributed by atoms with Crippen molar-refractivity contribution in [2.75, 3.05) is 11.5 Å². The zero-order chi connectivity index (χ0) is 10.7. The standard InChI is InChI=1S/C13H25NS/c1-10-4-3-5-13(11(10)2)14-12-6-8-15-9-7-12/h10-14H,3-9H2,1-2H3/t10-,11+,13+/m1/s1. The molecule has 1 N–H and O–H groups in total. The van der Waals surface area contributed by atoms with Crippen LogP contribution in [0.4, 0.5) is 0 Å². The van der Waals surface area contributed by atoms with E-state index in [9.17, 15) is 0 Å². The monoisotopic (exact) mass is 227 g/mol. The zero-order valence-corrected chi connectivity index (χ0v) is 11.0. The topological polar surface area (TPSA) is 12.0 Å². The maximum absolute atomic E-state index is 3.92. The van der Waals surface area contributed by atoms with Gasteiger partial charge in [0.15, 0.2) is 0 Å². The summed E-state index contributed by atoms with van der Waals surface area (Å²) in [6, 6.07) is 1.63. The van der Waals surface area contributed by atoms with E-state index in [2.05, 4.69) is 30.9 Å². The third-order valence-electron chi connectivity index (χ3n) is 4.38. The Morgan fingerprint density at radius 1 is 1.00 bits per heavy atom. The highest BCUT2D eigenvalue weighted by atomic mass is 32.2. The Hall–Kier alpha value is 0.310. The average Bonchev–Trinajstić information content (AvgIpc) is 2.26. The summed E-state index contributed by atoms with van der Waals surface area (Å²) in [6.07, 6.45) is 7.07. The van der Waals surface area contributed by atoms with Gasteiger partial charge in [-0.15, -0.1) is 0 Å². The Labute approximate surface area is 98.8 Å². The molecule has 88 valence electrons. The molecule has 1 heterocycles. The summed E-state index contributed by atoms with van der Waals surface area (Å²) in [6.45, 7) is 4.87. The fourth-order valence-corrected chi connectivity index (χ4v) is 4.09. The zero-order valence-electron chi connectivity index (χ0n) is 10.2. The second-order valence-electron chi connectivity index (χ2n) is 5.43. The summed E-state index contributed by atoms with van der Waals surface area (Å²) in [4.78, 5) is 0. The van der Waals surface area contributed by atoms with E-state index in [1.165, 1.54) is 43.6 Å². The summed E-state index contributed by atoms with van der Waals surface area (Å²) in [5.41, 5.74) is 0. The Balaban J connectivity index is 1.81. The van der Waals surface area contributed by atoms with Gasteiger partial charge in [0.25, 0.3) is 0 Å². The van der Waals surface area contributed by atoms with Crippen molar-refractivity contribution in [3.05, 3.63) is 0 Å². The quantitative estimate of drug-likeness (QED) is 0.777. The molecule has 15 heavy (non-hydrogen) atoms. The van der Waals surface area contributed by atoms with Crippen LogP contribution < -0.4 is 5.32 Å². The average molecular weight is 227 g/mol. The van der Waals surface area contributed by atoms with Crippen LogP contribution in [-0.4, -0.2) is 23.6 Å². The highest BCUT2D eigenvalue weighted by Gasteiger charge is 2.28. The molecule has 1 aliphatic carbocycles. The van der Waals surface area contributed by atoms with Crippen LogP contribution in [0.25, 0.3) is 0 Å². The number of hydrogen-bond acceptors (Lipinski definition) is 2. The number of rotatable bonds is 2. The number of thioether (sulfide) groups is 1. The predicted octanol–water partition coefficient (Wildman–Crippen LogP) is 3.30. The molecule has 2 heteroatoms. The normalized spacial score (nSPS) is 39.2. The van der Waals surface area contributed by atoms with Crippen molar-refractivity contribution in [3.8, 4) is 0 Å². The summed E-state index contributed by atoms with van der Waals surface area (Å²) in [5.74, 6) is 4.55. The van der Waals surface area contributed by atoms with Gasteiger partial charge in [0.05, 0.1) is 0 Å². The molecular weight excluding hydrogens is 202 g/mol. The molecule has 2 rings (SSSR count). The van der Waals surface area contributed by atoms with Crippen molar-refractivity contribution in [2.24, 2.45) is 11.8 Å². The van der Waals surface area contributed by atoms with Gasteiger partial charge in [0, 0.05) is 12.1 Å². The molecule has 3 atom stereocenters. The minimum absolute atomic E-state index is 0.807. The Morgan fingerprint density at radius 2 is 1.73 bits per heavy atom. The largest absolute Gasteiger partial charge is 0.311 e. The molecule has 0 aromatic rings. The van der Waals surface area contributed by atoms with Gasteiger partial charge in [-0.3, -0.25) is 0 Å². The summed E-state index contributed by atoms with van der Waals surface area (Å²) in [5, 5.41) is 3.92. The summed E-state index contributed by atoms with van der Waals surface area (Å²) >= 11 is 2.12. The first-order valence-electron chi connectivity index (χ1n) is 6.61. The molecule has 1 saturated carbocycles. The molecule has 0 radical (unpaired) electrons. The van der Waals surface area contributed by atoms with E-state index in [1.54, 1.807) is 0 Å². The van der Waals surface area contributed by atoms with Gasteiger partial charge in [-0.25, -0.2) is 0 Å². The van der Waals surface area contributed by atoms with E-state index < -0.39 is 0 Å². The fourth-order valence-electron chi connectivity index (χ4n) is 2.98. The first kappa shape index (κ1) is 11.8. The van der Waals surface area contributed by atoms with Crippen LogP contribution in [-0.2, 0) is 0 Å². The van der Waals surface area contributed by atoms with Gasteiger partial charge in [-0.2, -0.15) is 11.8 Å². The van der Waals surface area contributed by atoms with Crippen LogP contribution in [0.15, 0.2) is 0 Å². The van der Waals surface area contributed by atoms with Crippen molar-refractivity contribution in [2.45, 2.75) is 58.0 Å². The smallest absolute Gasteiger partial charge is 0.00978 e. The summed E-state index contributed by atoms with van der Waals surface area (Å²) < 4.78 is 0. The van der Waals surface area contributed by atoms with E-state index in [-0.39, 0.29) is 0 Å². The van der Waals surface area contributed by atoms with Gasteiger partial charge in [0.2, 0.25) is 0 Å². The lowest BCUT2D eigenvalue weighted by Crippen LogP contribution is -2.46. The van der Waals surface area contributed by atoms with Crippen LogP contribution in [0, 0.1) is 11.8 Å². The summed E-state index contributed by atoms with van der Waals surface area (Å²) in [7, 11) is 0. The molecule has 1 saturated heterocycles. The highest BCUT2D eigenvalue weighted by Crippen LogP contribution is 2.30. The SMILES string of the molecule is C[C@H]1[C@H](C)CCC[C@@H]1NC1CCSCC1. The van der Waals surface area contributed by atoms with Gasteiger partial charge in [-0.05, 0) is 42.6 Å². The lowest BCUT2D eigenvalue weighted by atomic mass is 9.77. The molecule has 0 bridgehead atoms. The maximum atomic E-state index is 3.92. The molecule has 0 spiro atoms. The Kier molecular flexibility index (Phi) is 4.39.